The summed E-state index contributed by atoms with van der Waals surface area (Å²) in [5.74, 6) is 0.739. The zero-order valence-electron chi connectivity index (χ0n) is 15.7. The van der Waals surface area contributed by atoms with E-state index in [0.717, 1.165) is 18.4 Å². The molecule has 1 aliphatic rings. The summed E-state index contributed by atoms with van der Waals surface area (Å²) < 4.78 is 1.90. The molecule has 4 rings (SSSR count). The summed E-state index contributed by atoms with van der Waals surface area (Å²) in [7, 11) is 0. The lowest BCUT2D eigenvalue weighted by Gasteiger charge is -2.39. The lowest BCUT2D eigenvalue weighted by molar-refractivity contribution is -0.119. The van der Waals surface area contributed by atoms with Crippen LogP contribution < -0.4 is 4.90 Å². The third kappa shape index (κ3) is 3.25. The molecule has 2 atom stereocenters. The molecule has 5 nitrogen and oxygen atoms in total. The molecule has 1 amide bonds. The van der Waals surface area contributed by atoms with Crippen molar-refractivity contribution in [2.45, 2.75) is 45.2 Å². The van der Waals surface area contributed by atoms with Gasteiger partial charge in [-0.15, -0.1) is 0 Å². The molecule has 0 N–H and O–H groups in total. The van der Waals surface area contributed by atoms with E-state index in [0.29, 0.717) is 12.4 Å². The van der Waals surface area contributed by atoms with E-state index in [1.807, 2.05) is 34.7 Å². The summed E-state index contributed by atoms with van der Waals surface area (Å²) in [6.45, 7) is 4.11. The van der Waals surface area contributed by atoms with Gasteiger partial charge in [-0.3, -0.25) is 9.69 Å². The number of hydrogen-bond donors (Lipinski definition) is 0. The second-order valence-corrected chi connectivity index (χ2v) is 7.11. The van der Waals surface area contributed by atoms with Crippen molar-refractivity contribution in [2.24, 2.45) is 0 Å². The molecule has 0 fully saturated rings. The summed E-state index contributed by atoms with van der Waals surface area (Å²) in [5, 5.41) is 4.46. The maximum Gasteiger partial charge on any atom is 0.231 e. The van der Waals surface area contributed by atoms with E-state index in [9.17, 15) is 4.79 Å². The highest BCUT2D eigenvalue weighted by molar-refractivity contribution is 5.92. The van der Waals surface area contributed by atoms with Crippen molar-refractivity contribution in [2.75, 3.05) is 4.90 Å². The predicted octanol–water partition coefficient (Wildman–Crippen LogP) is 4.45. The highest BCUT2D eigenvalue weighted by Crippen LogP contribution is 2.42. The van der Waals surface area contributed by atoms with Gasteiger partial charge >= 0.3 is 0 Å². The Morgan fingerprint density at radius 2 is 1.74 bits per heavy atom. The van der Waals surface area contributed by atoms with E-state index in [1.54, 1.807) is 6.33 Å². The van der Waals surface area contributed by atoms with Crippen molar-refractivity contribution in [3.8, 4) is 0 Å². The van der Waals surface area contributed by atoms with Gasteiger partial charge in [0.15, 0.2) is 0 Å². The Morgan fingerprint density at radius 1 is 1.04 bits per heavy atom. The Hall–Kier alpha value is -2.95. The van der Waals surface area contributed by atoms with Crippen LogP contribution in [0.4, 0.5) is 5.95 Å². The molecule has 2 aromatic carbocycles. The molecule has 0 radical (unpaired) electrons. The Balaban J connectivity index is 1.82. The number of aromatic nitrogens is 3. The van der Waals surface area contributed by atoms with Crippen LogP contribution in [-0.2, 0) is 4.79 Å². The second-order valence-electron chi connectivity index (χ2n) is 7.11. The SMILES string of the molecule is CCCC(=O)N1c2ncnn2[C@H](c2ccccc2)C[C@@H]1c1ccc(C)cc1. The number of fused-ring (bicyclic) bond motifs is 1. The van der Waals surface area contributed by atoms with Gasteiger partial charge in [-0.2, -0.15) is 10.1 Å². The summed E-state index contributed by atoms with van der Waals surface area (Å²) in [6.07, 6.45) is 3.64. The van der Waals surface area contributed by atoms with E-state index < -0.39 is 0 Å². The zero-order valence-corrected chi connectivity index (χ0v) is 15.7. The van der Waals surface area contributed by atoms with Gasteiger partial charge in [0.05, 0.1) is 12.1 Å². The zero-order chi connectivity index (χ0) is 18.8. The maximum absolute atomic E-state index is 13.0. The minimum atomic E-state index is -0.0495. The highest BCUT2D eigenvalue weighted by atomic mass is 16.2. The number of benzene rings is 2. The van der Waals surface area contributed by atoms with E-state index in [2.05, 4.69) is 53.4 Å². The molecule has 0 aliphatic carbocycles. The first-order chi connectivity index (χ1) is 13.2. The van der Waals surface area contributed by atoms with Crippen LogP contribution in [0.2, 0.25) is 0 Å². The number of hydrogen-bond acceptors (Lipinski definition) is 3. The highest BCUT2D eigenvalue weighted by Gasteiger charge is 2.38. The monoisotopic (exact) mass is 360 g/mol. The van der Waals surface area contributed by atoms with Gasteiger partial charge in [0.2, 0.25) is 11.9 Å². The molecule has 0 saturated heterocycles. The quantitative estimate of drug-likeness (QED) is 0.690. The fourth-order valence-corrected chi connectivity index (χ4v) is 3.84. The largest absolute Gasteiger partial charge is 0.274 e. The van der Waals surface area contributed by atoms with Gasteiger partial charge in [0.25, 0.3) is 0 Å². The van der Waals surface area contributed by atoms with Crippen molar-refractivity contribution in [1.82, 2.24) is 14.8 Å². The van der Waals surface area contributed by atoms with Crippen LogP contribution in [0, 0.1) is 6.92 Å². The summed E-state index contributed by atoms with van der Waals surface area (Å²) in [6, 6.07) is 18.8. The van der Waals surface area contributed by atoms with Crippen molar-refractivity contribution >= 4 is 11.9 Å². The topological polar surface area (TPSA) is 51.0 Å². The molecule has 0 unspecified atom stereocenters. The van der Waals surface area contributed by atoms with Crippen LogP contribution in [0.3, 0.4) is 0 Å². The fraction of sp³-hybridized carbons (Fsp3) is 0.318. The van der Waals surface area contributed by atoms with Crippen molar-refractivity contribution in [1.29, 1.82) is 0 Å². The standard InChI is InChI=1S/C22H24N4O/c1-3-7-21(27)25-19(18-12-10-16(2)11-13-18)14-20(17-8-5-4-6-9-17)26-22(25)23-15-24-26/h4-6,8-13,15,19-20H,3,7,14H2,1-2H3/t19-,20+/m1/s1. The molecule has 1 aliphatic heterocycles. The van der Waals surface area contributed by atoms with Gasteiger partial charge in [-0.25, -0.2) is 4.68 Å². The van der Waals surface area contributed by atoms with Gasteiger partial charge in [0.1, 0.15) is 6.33 Å². The Bertz CT molecular complexity index is 917. The first-order valence-electron chi connectivity index (χ1n) is 9.52. The molecular weight excluding hydrogens is 336 g/mol. The van der Waals surface area contributed by atoms with E-state index in [-0.39, 0.29) is 18.0 Å². The maximum atomic E-state index is 13.0. The molecule has 0 saturated carbocycles. The third-order valence-electron chi connectivity index (χ3n) is 5.20. The van der Waals surface area contributed by atoms with Crippen molar-refractivity contribution < 1.29 is 4.79 Å². The minimum absolute atomic E-state index is 0.0495. The Labute approximate surface area is 159 Å². The molecule has 0 spiro atoms. The number of carbonyl (C=O) groups excluding carboxylic acids is 1. The van der Waals surface area contributed by atoms with Gasteiger partial charge in [-0.1, -0.05) is 67.1 Å². The van der Waals surface area contributed by atoms with Crippen LogP contribution in [0.15, 0.2) is 60.9 Å². The first kappa shape index (κ1) is 17.5. The van der Waals surface area contributed by atoms with Crippen LogP contribution in [0.1, 0.15) is 55.0 Å². The van der Waals surface area contributed by atoms with Crippen molar-refractivity contribution in [3.05, 3.63) is 77.6 Å². The van der Waals surface area contributed by atoms with Crippen LogP contribution >= 0.6 is 0 Å². The van der Waals surface area contributed by atoms with E-state index in [4.69, 9.17) is 0 Å². The molecule has 1 aromatic heterocycles. The number of aryl methyl sites for hydroxylation is 1. The molecule has 0 bridgehead atoms. The number of anilines is 1. The normalized spacial score (nSPS) is 19.0. The molecular formula is C22H24N4O. The lowest BCUT2D eigenvalue weighted by Crippen LogP contribution is -2.42. The minimum Gasteiger partial charge on any atom is -0.274 e. The fourth-order valence-electron chi connectivity index (χ4n) is 3.84. The van der Waals surface area contributed by atoms with Crippen LogP contribution in [-0.4, -0.2) is 20.7 Å². The third-order valence-corrected chi connectivity index (χ3v) is 5.20. The smallest absolute Gasteiger partial charge is 0.231 e. The molecule has 138 valence electrons. The molecule has 3 aromatic rings. The summed E-state index contributed by atoms with van der Waals surface area (Å²) in [5.41, 5.74) is 3.54. The number of nitrogens with zero attached hydrogens (tertiary/aromatic N) is 4. The first-order valence-corrected chi connectivity index (χ1v) is 9.52. The second kappa shape index (κ2) is 7.35. The van der Waals surface area contributed by atoms with Crippen molar-refractivity contribution in [3.63, 3.8) is 0 Å². The van der Waals surface area contributed by atoms with Gasteiger partial charge in [-0.05, 0) is 30.9 Å². The number of carbonyl (C=O) groups is 1. The number of amides is 1. The summed E-state index contributed by atoms with van der Waals surface area (Å²) in [4.78, 5) is 19.3. The Morgan fingerprint density at radius 3 is 2.44 bits per heavy atom. The van der Waals surface area contributed by atoms with Gasteiger partial charge < -0.3 is 0 Å². The average molecular weight is 360 g/mol. The number of rotatable bonds is 4. The molecule has 5 heteroatoms. The van der Waals surface area contributed by atoms with E-state index in [1.165, 1.54) is 11.1 Å². The van der Waals surface area contributed by atoms with Crippen LogP contribution in [0.25, 0.3) is 0 Å². The Kier molecular flexibility index (Phi) is 4.75. The molecule has 2 heterocycles. The van der Waals surface area contributed by atoms with Gasteiger partial charge in [0, 0.05) is 6.42 Å². The average Bonchev–Trinajstić information content (AvgIpc) is 3.18. The predicted molar refractivity (Wildman–Crippen MR) is 106 cm³/mol. The van der Waals surface area contributed by atoms with E-state index >= 15 is 0 Å². The summed E-state index contributed by atoms with van der Waals surface area (Å²) >= 11 is 0. The van der Waals surface area contributed by atoms with Crippen LogP contribution in [0.5, 0.6) is 0 Å². The molecule has 27 heavy (non-hydrogen) atoms. The lowest BCUT2D eigenvalue weighted by atomic mass is 9.91.